The molecule has 0 fully saturated rings. The first-order valence-corrected chi connectivity index (χ1v) is 4.90. The first-order valence-electron chi connectivity index (χ1n) is 4.90. The molecule has 2 aromatic carbocycles. The summed E-state index contributed by atoms with van der Waals surface area (Å²) < 4.78 is 0. The quantitative estimate of drug-likeness (QED) is 0.717. The fourth-order valence-electron chi connectivity index (χ4n) is 1.80. The molecule has 0 spiro atoms. The van der Waals surface area contributed by atoms with Crippen molar-refractivity contribution in [3.63, 3.8) is 0 Å². The second-order valence-corrected chi connectivity index (χ2v) is 3.71. The molecule has 72 valence electrons. The third-order valence-electron chi connectivity index (χ3n) is 2.74. The van der Waals surface area contributed by atoms with Crippen molar-refractivity contribution >= 4 is 16.5 Å². The molecule has 1 heteroatoms. The van der Waals surface area contributed by atoms with Crippen LogP contribution in [0, 0.1) is 13.8 Å². The van der Waals surface area contributed by atoms with Gasteiger partial charge in [0.05, 0.1) is 0 Å². The van der Waals surface area contributed by atoms with Gasteiger partial charge in [0.2, 0.25) is 0 Å². The van der Waals surface area contributed by atoms with Crippen molar-refractivity contribution < 1.29 is 0 Å². The molecule has 0 aromatic heterocycles. The van der Waals surface area contributed by atoms with Crippen molar-refractivity contribution in [3.8, 4) is 0 Å². The Balaban J connectivity index is 2.80. The van der Waals surface area contributed by atoms with Crippen LogP contribution in [0.2, 0.25) is 0 Å². The van der Waals surface area contributed by atoms with E-state index < -0.39 is 0 Å². The molecule has 14 heavy (non-hydrogen) atoms. The molecular weight excluding hydrogens is 170 g/mol. The maximum absolute atomic E-state index is 3.17. The smallest absolute Gasteiger partial charge is 0.0344 e. The number of benzene rings is 2. The van der Waals surface area contributed by atoms with Gasteiger partial charge in [-0.3, -0.25) is 0 Å². The lowest BCUT2D eigenvalue weighted by atomic mass is 10.0. The number of nitrogens with one attached hydrogen (secondary N) is 1. The van der Waals surface area contributed by atoms with Gasteiger partial charge in [-0.05, 0) is 47.9 Å². The number of rotatable bonds is 1. The monoisotopic (exact) mass is 185 g/mol. The summed E-state index contributed by atoms with van der Waals surface area (Å²) in [6, 6.07) is 10.9. The zero-order valence-electron chi connectivity index (χ0n) is 8.89. The first kappa shape index (κ1) is 9.07. The molecule has 0 atom stereocenters. The standard InChI is InChI=1S/C13H15N/c1-9-4-5-10(2)13-8-11(14-3)6-7-12(9)13/h4-8,14H,1-3H3. The van der Waals surface area contributed by atoms with Crippen LogP contribution in [-0.4, -0.2) is 7.05 Å². The summed E-state index contributed by atoms with van der Waals surface area (Å²) in [5.41, 5.74) is 3.85. The van der Waals surface area contributed by atoms with Gasteiger partial charge in [-0.15, -0.1) is 0 Å². The Kier molecular flexibility index (Phi) is 2.16. The Morgan fingerprint density at radius 3 is 2.14 bits per heavy atom. The van der Waals surface area contributed by atoms with Crippen LogP contribution >= 0.6 is 0 Å². The first-order chi connectivity index (χ1) is 6.72. The maximum Gasteiger partial charge on any atom is 0.0344 e. The second kappa shape index (κ2) is 3.33. The summed E-state index contributed by atoms with van der Waals surface area (Å²) in [7, 11) is 1.95. The Bertz CT molecular complexity index is 472. The summed E-state index contributed by atoms with van der Waals surface area (Å²) in [5.74, 6) is 0. The van der Waals surface area contributed by atoms with Crippen LogP contribution in [0.5, 0.6) is 0 Å². The Labute approximate surface area is 84.8 Å². The molecule has 0 aliphatic rings. The van der Waals surface area contributed by atoms with Gasteiger partial charge >= 0.3 is 0 Å². The highest BCUT2D eigenvalue weighted by Gasteiger charge is 2.00. The van der Waals surface area contributed by atoms with E-state index >= 15 is 0 Å². The molecule has 0 radical (unpaired) electrons. The normalized spacial score (nSPS) is 10.5. The predicted octanol–water partition coefficient (Wildman–Crippen LogP) is 3.50. The Hall–Kier alpha value is -1.50. The predicted molar refractivity (Wildman–Crippen MR) is 63.0 cm³/mol. The van der Waals surface area contributed by atoms with Crippen LogP contribution in [0.25, 0.3) is 10.8 Å². The highest BCUT2D eigenvalue weighted by molar-refractivity contribution is 5.90. The molecule has 0 unspecified atom stereocenters. The van der Waals surface area contributed by atoms with E-state index in [2.05, 4.69) is 49.5 Å². The van der Waals surface area contributed by atoms with Gasteiger partial charge in [0.25, 0.3) is 0 Å². The average molecular weight is 185 g/mol. The molecule has 0 bridgehead atoms. The van der Waals surface area contributed by atoms with Crippen LogP contribution in [-0.2, 0) is 0 Å². The van der Waals surface area contributed by atoms with E-state index in [1.54, 1.807) is 0 Å². The van der Waals surface area contributed by atoms with Crippen LogP contribution in [0.1, 0.15) is 11.1 Å². The molecular formula is C13H15N. The van der Waals surface area contributed by atoms with Gasteiger partial charge < -0.3 is 5.32 Å². The molecule has 0 saturated heterocycles. The SMILES string of the molecule is CNc1ccc2c(C)ccc(C)c2c1. The van der Waals surface area contributed by atoms with E-state index in [-0.39, 0.29) is 0 Å². The number of anilines is 1. The minimum atomic E-state index is 1.17. The van der Waals surface area contributed by atoms with Gasteiger partial charge in [0.15, 0.2) is 0 Å². The topological polar surface area (TPSA) is 12.0 Å². The van der Waals surface area contributed by atoms with Crippen molar-refractivity contribution in [2.45, 2.75) is 13.8 Å². The van der Waals surface area contributed by atoms with Crippen LogP contribution in [0.15, 0.2) is 30.3 Å². The molecule has 2 rings (SSSR count). The van der Waals surface area contributed by atoms with E-state index in [1.165, 1.54) is 27.6 Å². The average Bonchev–Trinajstić information content (AvgIpc) is 2.23. The summed E-state index contributed by atoms with van der Waals surface area (Å²) in [6.45, 7) is 4.31. The second-order valence-electron chi connectivity index (χ2n) is 3.71. The lowest BCUT2D eigenvalue weighted by molar-refractivity contribution is 1.45. The van der Waals surface area contributed by atoms with Crippen molar-refractivity contribution in [1.82, 2.24) is 0 Å². The van der Waals surface area contributed by atoms with E-state index in [9.17, 15) is 0 Å². The van der Waals surface area contributed by atoms with Gasteiger partial charge in [-0.25, -0.2) is 0 Å². The van der Waals surface area contributed by atoms with E-state index in [1.807, 2.05) is 7.05 Å². The minimum absolute atomic E-state index is 1.17. The fraction of sp³-hybridized carbons (Fsp3) is 0.231. The summed E-state index contributed by atoms with van der Waals surface area (Å²) in [4.78, 5) is 0. The van der Waals surface area contributed by atoms with Gasteiger partial charge in [-0.1, -0.05) is 18.2 Å². The third kappa shape index (κ3) is 1.35. The number of aryl methyl sites for hydroxylation is 2. The molecule has 1 N–H and O–H groups in total. The highest BCUT2D eigenvalue weighted by Crippen LogP contribution is 2.24. The van der Waals surface area contributed by atoms with Crippen LogP contribution in [0.3, 0.4) is 0 Å². The molecule has 0 amide bonds. The largest absolute Gasteiger partial charge is 0.388 e. The van der Waals surface area contributed by atoms with Gasteiger partial charge in [-0.2, -0.15) is 0 Å². The number of fused-ring (bicyclic) bond motifs is 1. The molecule has 2 aromatic rings. The number of hydrogen-bond donors (Lipinski definition) is 1. The van der Waals surface area contributed by atoms with Gasteiger partial charge in [0, 0.05) is 12.7 Å². The van der Waals surface area contributed by atoms with Crippen molar-refractivity contribution in [1.29, 1.82) is 0 Å². The van der Waals surface area contributed by atoms with Crippen molar-refractivity contribution in [2.75, 3.05) is 12.4 Å². The minimum Gasteiger partial charge on any atom is -0.388 e. The molecule has 0 heterocycles. The molecule has 1 nitrogen and oxygen atoms in total. The Morgan fingerprint density at radius 1 is 0.857 bits per heavy atom. The van der Waals surface area contributed by atoms with Gasteiger partial charge in [0.1, 0.15) is 0 Å². The number of hydrogen-bond acceptors (Lipinski definition) is 1. The summed E-state index contributed by atoms with van der Waals surface area (Å²) in [6.07, 6.45) is 0. The summed E-state index contributed by atoms with van der Waals surface area (Å²) >= 11 is 0. The van der Waals surface area contributed by atoms with Crippen LogP contribution < -0.4 is 5.32 Å². The van der Waals surface area contributed by atoms with E-state index in [0.29, 0.717) is 0 Å². The van der Waals surface area contributed by atoms with Crippen molar-refractivity contribution in [3.05, 3.63) is 41.5 Å². The van der Waals surface area contributed by atoms with Crippen LogP contribution in [0.4, 0.5) is 5.69 Å². The fourth-order valence-corrected chi connectivity index (χ4v) is 1.80. The highest BCUT2D eigenvalue weighted by atomic mass is 14.8. The molecule has 0 saturated carbocycles. The summed E-state index contributed by atoms with van der Waals surface area (Å²) in [5, 5.41) is 5.86. The Morgan fingerprint density at radius 2 is 1.50 bits per heavy atom. The zero-order chi connectivity index (χ0) is 10.1. The van der Waals surface area contributed by atoms with E-state index in [0.717, 1.165) is 0 Å². The maximum atomic E-state index is 3.17. The lowest BCUT2D eigenvalue weighted by Crippen LogP contribution is -1.89. The van der Waals surface area contributed by atoms with E-state index in [4.69, 9.17) is 0 Å². The third-order valence-corrected chi connectivity index (χ3v) is 2.74. The van der Waals surface area contributed by atoms with Crippen molar-refractivity contribution in [2.24, 2.45) is 0 Å². The lowest BCUT2D eigenvalue weighted by Gasteiger charge is -2.07. The molecule has 0 aliphatic heterocycles. The molecule has 0 aliphatic carbocycles. The zero-order valence-corrected chi connectivity index (χ0v) is 8.89.